The molecule has 0 amide bonds. The third-order valence-corrected chi connectivity index (χ3v) is 6.14. The highest BCUT2D eigenvalue weighted by molar-refractivity contribution is 5.59. The largest absolute Gasteiger partial charge is 0.492 e. The highest BCUT2D eigenvalue weighted by Crippen LogP contribution is 2.33. The Morgan fingerprint density at radius 2 is 1.67 bits per heavy atom. The summed E-state index contributed by atoms with van der Waals surface area (Å²) in [6.07, 6.45) is 13.8. The summed E-state index contributed by atoms with van der Waals surface area (Å²) in [5.74, 6) is 2.80. The minimum Gasteiger partial charge on any atom is -0.492 e. The van der Waals surface area contributed by atoms with Gasteiger partial charge < -0.3 is 4.74 Å². The maximum Gasteiger partial charge on any atom is 0.137 e. The minimum absolute atomic E-state index is 0.770. The van der Waals surface area contributed by atoms with Gasteiger partial charge in [0.25, 0.3) is 0 Å². The highest BCUT2D eigenvalue weighted by Gasteiger charge is 2.19. The van der Waals surface area contributed by atoms with Gasteiger partial charge in [-0.25, -0.2) is 0 Å². The second kappa shape index (κ2) is 10.5. The van der Waals surface area contributed by atoms with Crippen molar-refractivity contribution < 1.29 is 4.74 Å². The van der Waals surface area contributed by atoms with Gasteiger partial charge in [0.15, 0.2) is 0 Å². The van der Waals surface area contributed by atoms with Crippen LogP contribution in [0.5, 0.6) is 5.75 Å². The van der Waals surface area contributed by atoms with Crippen LogP contribution < -0.4 is 4.74 Å². The lowest BCUT2D eigenvalue weighted by atomic mass is 9.78. The van der Waals surface area contributed by atoms with Gasteiger partial charge in [-0.2, -0.15) is 0 Å². The van der Waals surface area contributed by atoms with Gasteiger partial charge in [-0.05, 0) is 48.8 Å². The molecule has 1 aromatic carbocycles. The lowest BCUT2D eigenvalue weighted by molar-refractivity contribution is 0.259. The van der Waals surface area contributed by atoms with Gasteiger partial charge in [0.05, 0.1) is 18.5 Å². The second-order valence-electron chi connectivity index (χ2n) is 8.11. The summed E-state index contributed by atoms with van der Waals surface area (Å²) >= 11 is 0. The predicted molar refractivity (Wildman–Crippen MR) is 114 cm³/mol. The monoisotopic (exact) mass is 365 g/mol. The predicted octanol–water partition coefficient (Wildman–Crippen LogP) is 7.08. The zero-order chi connectivity index (χ0) is 18.9. The van der Waals surface area contributed by atoms with Crippen molar-refractivity contribution in [2.75, 3.05) is 6.61 Å². The Labute approximate surface area is 165 Å². The smallest absolute Gasteiger partial charge is 0.137 e. The van der Waals surface area contributed by atoms with E-state index in [4.69, 9.17) is 4.74 Å². The molecule has 0 aliphatic heterocycles. The summed E-state index contributed by atoms with van der Waals surface area (Å²) in [5, 5.41) is 0. The molecule has 2 aromatic rings. The highest BCUT2D eigenvalue weighted by atomic mass is 16.5. The standard InChI is InChI=1S/C25H35NO/c1-3-5-18-27-24-16-17-25(26-19-24)23-14-12-22(13-15-23)11-10-21-8-6-20(4-2)7-9-21/h12-17,19-21H,3-11,18H2,1-2H3/t20-,21-. The van der Waals surface area contributed by atoms with E-state index in [9.17, 15) is 0 Å². The number of pyridine rings is 1. The maximum atomic E-state index is 5.70. The molecular formula is C25H35NO. The summed E-state index contributed by atoms with van der Waals surface area (Å²) in [6.45, 7) is 5.28. The lowest BCUT2D eigenvalue weighted by Gasteiger charge is -2.27. The number of aryl methyl sites for hydroxylation is 1. The van der Waals surface area contributed by atoms with Crippen LogP contribution in [0, 0.1) is 11.8 Å². The van der Waals surface area contributed by atoms with Crippen molar-refractivity contribution in [3.63, 3.8) is 0 Å². The quantitative estimate of drug-likeness (QED) is 0.443. The normalized spacial score (nSPS) is 19.8. The topological polar surface area (TPSA) is 22.1 Å². The Morgan fingerprint density at radius 1 is 0.926 bits per heavy atom. The number of benzene rings is 1. The van der Waals surface area contributed by atoms with Crippen LogP contribution in [0.4, 0.5) is 0 Å². The maximum absolute atomic E-state index is 5.70. The van der Waals surface area contributed by atoms with Crippen molar-refractivity contribution >= 4 is 0 Å². The van der Waals surface area contributed by atoms with Crippen LogP contribution in [0.25, 0.3) is 11.3 Å². The first-order valence-electron chi connectivity index (χ1n) is 11.0. The molecule has 3 rings (SSSR count). The average molecular weight is 366 g/mol. The molecule has 0 spiro atoms. The van der Waals surface area contributed by atoms with Gasteiger partial charge in [-0.1, -0.05) is 76.6 Å². The molecule has 0 bridgehead atoms. The van der Waals surface area contributed by atoms with Gasteiger partial charge in [0.2, 0.25) is 0 Å². The Balaban J connectivity index is 1.48. The van der Waals surface area contributed by atoms with Crippen molar-refractivity contribution in [2.45, 2.75) is 71.6 Å². The van der Waals surface area contributed by atoms with Crippen molar-refractivity contribution in [1.29, 1.82) is 0 Å². The fourth-order valence-electron chi connectivity index (χ4n) is 4.11. The van der Waals surface area contributed by atoms with Gasteiger partial charge in [0.1, 0.15) is 5.75 Å². The van der Waals surface area contributed by atoms with E-state index in [0.717, 1.165) is 42.7 Å². The third-order valence-electron chi connectivity index (χ3n) is 6.14. The molecule has 0 saturated heterocycles. The number of ether oxygens (including phenoxy) is 1. The molecule has 1 aliphatic rings. The first-order chi connectivity index (χ1) is 13.3. The number of aromatic nitrogens is 1. The molecule has 2 nitrogen and oxygen atoms in total. The second-order valence-corrected chi connectivity index (χ2v) is 8.11. The van der Waals surface area contributed by atoms with E-state index in [1.165, 1.54) is 56.1 Å². The Kier molecular flexibility index (Phi) is 7.74. The first-order valence-corrected chi connectivity index (χ1v) is 11.0. The first kappa shape index (κ1) is 19.9. The number of nitrogens with zero attached hydrogens (tertiary/aromatic N) is 1. The van der Waals surface area contributed by atoms with Crippen LogP contribution in [0.1, 0.15) is 70.8 Å². The Bertz CT molecular complexity index is 654. The minimum atomic E-state index is 0.770. The van der Waals surface area contributed by atoms with Crippen LogP contribution in [0.3, 0.4) is 0 Å². The fourth-order valence-corrected chi connectivity index (χ4v) is 4.11. The fraction of sp³-hybridized carbons (Fsp3) is 0.560. The number of rotatable bonds is 9. The zero-order valence-corrected chi connectivity index (χ0v) is 17.1. The van der Waals surface area contributed by atoms with Gasteiger partial charge >= 0.3 is 0 Å². The van der Waals surface area contributed by atoms with Crippen molar-refractivity contribution in [1.82, 2.24) is 4.98 Å². The van der Waals surface area contributed by atoms with E-state index in [0.29, 0.717) is 0 Å². The summed E-state index contributed by atoms with van der Waals surface area (Å²) < 4.78 is 5.70. The number of hydrogen-bond acceptors (Lipinski definition) is 2. The molecule has 146 valence electrons. The van der Waals surface area contributed by atoms with E-state index < -0.39 is 0 Å². The van der Waals surface area contributed by atoms with Crippen LogP contribution in [-0.2, 0) is 6.42 Å². The van der Waals surface area contributed by atoms with Crippen LogP contribution in [-0.4, -0.2) is 11.6 Å². The van der Waals surface area contributed by atoms with Crippen LogP contribution in [0.2, 0.25) is 0 Å². The SMILES string of the molecule is CCCCOc1ccc(-c2ccc(CC[C@H]3CC[C@H](CC)CC3)cc2)nc1. The molecule has 0 N–H and O–H groups in total. The average Bonchev–Trinajstić information content (AvgIpc) is 2.74. The van der Waals surface area contributed by atoms with E-state index in [-0.39, 0.29) is 0 Å². The summed E-state index contributed by atoms with van der Waals surface area (Å²) in [5.41, 5.74) is 3.65. The molecule has 1 fully saturated rings. The van der Waals surface area contributed by atoms with E-state index in [1.54, 1.807) is 0 Å². The van der Waals surface area contributed by atoms with Gasteiger partial charge in [0, 0.05) is 5.56 Å². The van der Waals surface area contributed by atoms with Gasteiger partial charge in [-0.3, -0.25) is 4.98 Å². The van der Waals surface area contributed by atoms with Crippen molar-refractivity contribution in [3.05, 3.63) is 48.2 Å². The van der Waals surface area contributed by atoms with E-state index in [1.807, 2.05) is 12.3 Å². The Hall–Kier alpha value is -1.83. The van der Waals surface area contributed by atoms with Crippen molar-refractivity contribution in [2.24, 2.45) is 11.8 Å². The molecule has 0 unspecified atom stereocenters. The molecule has 1 saturated carbocycles. The summed E-state index contributed by atoms with van der Waals surface area (Å²) in [6, 6.07) is 13.1. The summed E-state index contributed by atoms with van der Waals surface area (Å²) in [7, 11) is 0. The Morgan fingerprint density at radius 3 is 2.30 bits per heavy atom. The third kappa shape index (κ3) is 6.09. The van der Waals surface area contributed by atoms with Crippen LogP contribution >= 0.6 is 0 Å². The summed E-state index contributed by atoms with van der Waals surface area (Å²) in [4.78, 5) is 4.57. The number of unbranched alkanes of at least 4 members (excludes halogenated alkanes) is 1. The van der Waals surface area contributed by atoms with E-state index in [2.05, 4.69) is 49.2 Å². The molecule has 0 radical (unpaired) electrons. The lowest BCUT2D eigenvalue weighted by Crippen LogP contribution is -2.14. The molecule has 1 aromatic heterocycles. The molecular weight excluding hydrogens is 330 g/mol. The molecule has 1 aliphatic carbocycles. The molecule has 2 heteroatoms. The molecule has 27 heavy (non-hydrogen) atoms. The van der Waals surface area contributed by atoms with E-state index >= 15 is 0 Å². The van der Waals surface area contributed by atoms with Gasteiger partial charge in [-0.15, -0.1) is 0 Å². The zero-order valence-electron chi connectivity index (χ0n) is 17.1. The molecule has 1 heterocycles. The van der Waals surface area contributed by atoms with Crippen molar-refractivity contribution in [3.8, 4) is 17.0 Å². The molecule has 0 atom stereocenters. The number of hydrogen-bond donors (Lipinski definition) is 0. The van der Waals surface area contributed by atoms with Crippen LogP contribution in [0.15, 0.2) is 42.6 Å².